The van der Waals surface area contributed by atoms with Gasteiger partial charge >= 0.3 is 0 Å². The number of amides is 2. The lowest BCUT2D eigenvalue weighted by atomic mass is 9.87. The number of methoxy groups -OCH3 is 2. The maximum absolute atomic E-state index is 13.4. The molecule has 0 aromatic heterocycles. The Hall–Kier alpha value is -1.53. The van der Waals surface area contributed by atoms with Gasteiger partial charge in [0.15, 0.2) is 22.0 Å². The number of hydrogen-bond acceptors (Lipinski definition) is 9. The molecule has 4 fully saturated rings. The molecule has 1 spiro atoms. The second-order valence-electron chi connectivity index (χ2n) is 7.51. The van der Waals surface area contributed by atoms with E-state index in [1.807, 2.05) is 0 Å². The van der Waals surface area contributed by atoms with Crippen LogP contribution in [0, 0.1) is 0 Å². The number of benzene rings is 1. The van der Waals surface area contributed by atoms with Gasteiger partial charge in [-0.2, -0.15) is 0 Å². The number of fused-ring (bicyclic) bond motifs is 5. The smallest absolute Gasteiger partial charge is 0.264 e. The van der Waals surface area contributed by atoms with Crippen molar-refractivity contribution in [2.24, 2.45) is 0 Å². The first-order valence-electron chi connectivity index (χ1n) is 8.71. The molecule has 2 amide bonds. The van der Waals surface area contributed by atoms with Gasteiger partial charge < -0.3 is 29.9 Å². The van der Waals surface area contributed by atoms with Crippen molar-refractivity contribution in [3.63, 3.8) is 0 Å². The van der Waals surface area contributed by atoms with Gasteiger partial charge in [0.2, 0.25) is 4.87 Å². The van der Waals surface area contributed by atoms with Gasteiger partial charge in [0, 0.05) is 12.6 Å². The van der Waals surface area contributed by atoms with E-state index in [4.69, 9.17) is 21.1 Å². The average Bonchev–Trinajstić information content (AvgIpc) is 3.08. The number of piperazine rings is 1. The number of nitrogens with one attached hydrogen (secondary N) is 1. The number of aliphatic hydroxyl groups is 2. The fourth-order valence-corrected chi connectivity index (χ4v) is 8.49. The zero-order chi connectivity index (χ0) is 21.1. The Labute approximate surface area is 179 Å². The standard InChI is InChI=1S/C17H18ClN3O6S2/c1-15-13(23)21-12-16(25,11(22)17(21,29-28-15)14(24)20(15)2)6-5-7(18)9(26-3)10(27-4)8(6)19-12/h5,11-12,19,22,25H,1-4H3/t11-,12-,15-,16-,17?/m1/s1. The average molecular weight is 460 g/mol. The first-order valence-corrected chi connectivity index (χ1v) is 11.2. The van der Waals surface area contributed by atoms with Crippen LogP contribution in [0.4, 0.5) is 5.69 Å². The van der Waals surface area contributed by atoms with E-state index in [0.717, 1.165) is 10.8 Å². The fourth-order valence-electron chi connectivity index (χ4n) is 4.67. The van der Waals surface area contributed by atoms with Gasteiger partial charge in [-0.3, -0.25) is 14.5 Å². The number of rotatable bonds is 2. The van der Waals surface area contributed by atoms with Gasteiger partial charge in [-0.25, -0.2) is 0 Å². The summed E-state index contributed by atoms with van der Waals surface area (Å²) in [5.41, 5.74) is -1.38. The minimum atomic E-state index is -1.98. The van der Waals surface area contributed by atoms with E-state index in [0.29, 0.717) is 5.69 Å². The molecule has 1 aromatic rings. The predicted octanol–water partition coefficient (Wildman–Crippen LogP) is 0.779. The second kappa shape index (κ2) is 5.58. The summed E-state index contributed by atoms with van der Waals surface area (Å²) in [6, 6.07) is 1.47. The normalized spacial score (nSPS) is 39.3. The number of nitrogens with zero attached hydrogens (tertiary/aromatic N) is 2. The third kappa shape index (κ3) is 1.81. The number of carbonyl (C=O) groups excluding carboxylic acids is 2. The molecule has 9 nitrogen and oxygen atoms in total. The molecule has 29 heavy (non-hydrogen) atoms. The molecule has 3 N–H and O–H groups in total. The molecule has 2 bridgehead atoms. The topological polar surface area (TPSA) is 112 Å². The third-order valence-corrected chi connectivity index (χ3v) is 10.3. The minimum Gasteiger partial charge on any atom is -0.491 e. The monoisotopic (exact) mass is 459 g/mol. The number of ether oxygens (including phenoxy) is 2. The maximum Gasteiger partial charge on any atom is 0.264 e. The van der Waals surface area contributed by atoms with Crippen LogP contribution in [0.25, 0.3) is 0 Å². The van der Waals surface area contributed by atoms with Gasteiger partial charge in [-0.15, -0.1) is 0 Å². The summed E-state index contributed by atoms with van der Waals surface area (Å²) in [5, 5.41) is 26.4. The quantitative estimate of drug-likeness (QED) is 0.552. The molecular weight excluding hydrogens is 442 g/mol. The number of anilines is 1. The highest BCUT2D eigenvalue weighted by molar-refractivity contribution is 8.78. The largest absolute Gasteiger partial charge is 0.491 e. The Morgan fingerprint density at radius 1 is 1.21 bits per heavy atom. The highest BCUT2D eigenvalue weighted by Gasteiger charge is 2.81. The van der Waals surface area contributed by atoms with Crippen LogP contribution < -0.4 is 14.8 Å². The Morgan fingerprint density at radius 2 is 1.86 bits per heavy atom. The van der Waals surface area contributed by atoms with Gasteiger partial charge in [0.25, 0.3) is 11.8 Å². The van der Waals surface area contributed by atoms with Crippen LogP contribution in [-0.2, 0) is 15.2 Å². The summed E-state index contributed by atoms with van der Waals surface area (Å²) in [6.45, 7) is 1.65. The van der Waals surface area contributed by atoms with E-state index in [2.05, 4.69) is 5.32 Å². The predicted molar refractivity (Wildman–Crippen MR) is 108 cm³/mol. The molecule has 0 aliphatic carbocycles. The van der Waals surface area contributed by atoms with Crippen LogP contribution in [0.3, 0.4) is 0 Å². The van der Waals surface area contributed by atoms with Crippen molar-refractivity contribution in [1.82, 2.24) is 9.80 Å². The SMILES string of the molecule is COc1c(Cl)cc2c(c1OC)N[C@@H]1N3C(=O)[C@@]4(C)SSC3(C(=O)N4C)[C@H](O)[C@]21O. The number of aliphatic hydroxyl groups excluding tert-OH is 1. The van der Waals surface area contributed by atoms with Crippen molar-refractivity contribution in [1.29, 1.82) is 0 Å². The number of carbonyl (C=O) groups is 2. The Bertz CT molecular complexity index is 996. The number of halogens is 1. The van der Waals surface area contributed by atoms with Gasteiger partial charge in [0.1, 0.15) is 12.3 Å². The van der Waals surface area contributed by atoms with Crippen LogP contribution in [0.2, 0.25) is 5.02 Å². The lowest BCUT2D eigenvalue weighted by Gasteiger charge is -2.57. The van der Waals surface area contributed by atoms with E-state index >= 15 is 0 Å². The zero-order valence-electron chi connectivity index (χ0n) is 15.8. The molecule has 0 saturated carbocycles. The Balaban J connectivity index is 1.76. The van der Waals surface area contributed by atoms with E-state index in [1.54, 1.807) is 6.92 Å². The molecular formula is C17H18ClN3O6S2. The molecule has 12 heteroatoms. The summed E-state index contributed by atoms with van der Waals surface area (Å²) < 4.78 is 10.7. The fraction of sp³-hybridized carbons (Fsp3) is 0.529. The molecule has 6 rings (SSSR count). The number of likely N-dealkylation sites (N-methyl/N-ethyl adjacent to an activating group) is 1. The minimum absolute atomic E-state index is 0.168. The highest BCUT2D eigenvalue weighted by Crippen LogP contribution is 2.68. The molecule has 4 saturated heterocycles. The molecule has 5 aliphatic heterocycles. The summed E-state index contributed by atoms with van der Waals surface area (Å²) in [5.74, 6) is -0.313. The molecule has 1 aromatic carbocycles. The Morgan fingerprint density at radius 3 is 2.48 bits per heavy atom. The van der Waals surface area contributed by atoms with E-state index < -0.39 is 33.5 Å². The molecule has 5 aliphatic rings. The zero-order valence-corrected chi connectivity index (χ0v) is 18.2. The van der Waals surface area contributed by atoms with Gasteiger partial charge in [-0.1, -0.05) is 22.4 Å². The first kappa shape index (κ1) is 19.4. The van der Waals surface area contributed by atoms with Crippen LogP contribution in [0.1, 0.15) is 12.5 Å². The summed E-state index contributed by atoms with van der Waals surface area (Å²) in [6.07, 6.45) is -2.69. The number of hydrogen-bond donors (Lipinski definition) is 3. The molecule has 5 atom stereocenters. The van der Waals surface area contributed by atoms with E-state index in [1.165, 1.54) is 47.9 Å². The van der Waals surface area contributed by atoms with Crippen molar-refractivity contribution in [2.75, 3.05) is 26.6 Å². The highest BCUT2D eigenvalue weighted by atomic mass is 35.5. The van der Waals surface area contributed by atoms with Gasteiger partial charge in [-0.05, 0) is 23.8 Å². The first-order chi connectivity index (χ1) is 13.6. The van der Waals surface area contributed by atoms with Crippen LogP contribution in [0.15, 0.2) is 6.07 Å². The molecule has 156 valence electrons. The third-order valence-electron chi connectivity index (χ3n) is 6.33. The van der Waals surface area contributed by atoms with Crippen molar-refractivity contribution in [2.45, 2.75) is 34.5 Å². The lowest BCUT2D eigenvalue weighted by Crippen LogP contribution is -2.77. The Kier molecular flexibility index (Phi) is 3.74. The van der Waals surface area contributed by atoms with Crippen molar-refractivity contribution >= 4 is 50.7 Å². The molecule has 5 heterocycles. The van der Waals surface area contributed by atoms with Crippen LogP contribution in [-0.4, -0.2) is 75.1 Å². The summed E-state index contributed by atoms with van der Waals surface area (Å²) in [4.78, 5) is 26.5. The second-order valence-corrected chi connectivity index (χ2v) is 10.7. The summed E-state index contributed by atoms with van der Waals surface area (Å²) >= 11 is 6.33. The lowest BCUT2D eigenvalue weighted by molar-refractivity contribution is -0.166. The van der Waals surface area contributed by atoms with Crippen molar-refractivity contribution in [3.05, 3.63) is 16.7 Å². The molecule has 0 radical (unpaired) electrons. The van der Waals surface area contributed by atoms with E-state index in [-0.39, 0.29) is 28.0 Å². The van der Waals surface area contributed by atoms with Crippen molar-refractivity contribution in [3.8, 4) is 11.5 Å². The summed E-state index contributed by atoms with van der Waals surface area (Å²) in [7, 11) is 6.68. The van der Waals surface area contributed by atoms with E-state index in [9.17, 15) is 19.8 Å². The van der Waals surface area contributed by atoms with Crippen LogP contribution in [0.5, 0.6) is 11.5 Å². The van der Waals surface area contributed by atoms with Crippen LogP contribution >= 0.6 is 33.2 Å². The van der Waals surface area contributed by atoms with Gasteiger partial charge in [0.05, 0.1) is 24.9 Å². The maximum atomic E-state index is 13.4. The molecule has 1 unspecified atom stereocenters. The van der Waals surface area contributed by atoms with Crippen molar-refractivity contribution < 1.29 is 29.3 Å².